The third-order valence-electron chi connectivity index (χ3n) is 3.02. The maximum absolute atomic E-state index is 13.6. The van der Waals surface area contributed by atoms with Crippen LogP contribution >= 0.6 is 15.9 Å². The van der Waals surface area contributed by atoms with Crippen molar-refractivity contribution in [3.05, 3.63) is 62.9 Å². The van der Waals surface area contributed by atoms with E-state index in [1.807, 2.05) is 18.2 Å². The van der Waals surface area contributed by atoms with Gasteiger partial charge in [0.25, 0.3) is 0 Å². The van der Waals surface area contributed by atoms with Gasteiger partial charge in [0.15, 0.2) is 0 Å². The maximum atomic E-state index is 13.6. The minimum atomic E-state index is -0.150. The SMILES string of the molecule is Cc1cc(CNc2cc(Br)cc(C#N)c2)cc(C)c1F. The Hall–Kier alpha value is -1.86. The third kappa shape index (κ3) is 3.37. The van der Waals surface area contributed by atoms with Crippen LogP contribution in [0.4, 0.5) is 10.1 Å². The number of halogens is 2. The summed E-state index contributed by atoms with van der Waals surface area (Å²) in [5.74, 6) is -0.150. The first-order valence-corrected chi connectivity index (χ1v) is 6.99. The lowest BCUT2D eigenvalue weighted by molar-refractivity contribution is 0.608. The first kappa shape index (κ1) is 14.5. The minimum absolute atomic E-state index is 0.150. The number of benzene rings is 2. The average molecular weight is 333 g/mol. The Balaban J connectivity index is 2.17. The van der Waals surface area contributed by atoms with Crippen molar-refractivity contribution in [1.82, 2.24) is 0 Å². The van der Waals surface area contributed by atoms with Gasteiger partial charge < -0.3 is 5.32 Å². The summed E-state index contributed by atoms with van der Waals surface area (Å²) in [4.78, 5) is 0. The zero-order valence-electron chi connectivity index (χ0n) is 11.3. The van der Waals surface area contributed by atoms with Gasteiger partial charge in [0.05, 0.1) is 11.6 Å². The molecule has 102 valence electrons. The number of rotatable bonds is 3. The molecule has 1 N–H and O–H groups in total. The Morgan fingerprint density at radius 3 is 2.40 bits per heavy atom. The number of aryl methyl sites for hydroxylation is 2. The molecular formula is C16H14BrFN2. The molecule has 2 nitrogen and oxygen atoms in total. The van der Waals surface area contributed by atoms with Crippen LogP contribution in [-0.2, 0) is 6.54 Å². The van der Waals surface area contributed by atoms with Gasteiger partial charge in [0.2, 0.25) is 0 Å². The number of hydrogen-bond acceptors (Lipinski definition) is 2. The van der Waals surface area contributed by atoms with E-state index >= 15 is 0 Å². The standard InChI is InChI=1S/C16H14BrFN2/c1-10-3-13(4-11(2)16(10)18)9-20-15-6-12(8-19)5-14(17)7-15/h3-7,20H,9H2,1-2H3. The molecule has 2 rings (SSSR count). The van der Waals surface area contributed by atoms with Crippen LogP contribution in [0.5, 0.6) is 0 Å². The van der Waals surface area contributed by atoms with Gasteiger partial charge in [-0.15, -0.1) is 0 Å². The molecule has 0 amide bonds. The van der Waals surface area contributed by atoms with Gasteiger partial charge in [-0.2, -0.15) is 5.26 Å². The van der Waals surface area contributed by atoms with Gasteiger partial charge in [-0.25, -0.2) is 4.39 Å². The molecule has 0 radical (unpaired) electrons. The first-order valence-electron chi connectivity index (χ1n) is 6.20. The lowest BCUT2D eigenvalue weighted by atomic mass is 10.1. The van der Waals surface area contributed by atoms with E-state index in [1.165, 1.54) is 0 Å². The van der Waals surface area contributed by atoms with E-state index in [4.69, 9.17) is 5.26 Å². The quantitative estimate of drug-likeness (QED) is 0.885. The van der Waals surface area contributed by atoms with Crippen molar-refractivity contribution in [2.75, 3.05) is 5.32 Å². The molecule has 0 atom stereocenters. The summed E-state index contributed by atoms with van der Waals surface area (Å²) in [6, 6.07) is 11.2. The predicted octanol–water partition coefficient (Wildman–Crippen LogP) is 4.69. The molecule has 0 saturated heterocycles. The number of nitriles is 1. The second-order valence-electron chi connectivity index (χ2n) is 4.74. The van der Waals surface area contributed by atoms with E-state index in [-0.39, 0.29) is 5.82 Å². The molecular weight excluding hydrogens is 319 g/mol. The van der Waals surface area contributed by atoms with Crippen LogP contribution in [0.15, 0.2) is 34.8 Å². The maximum Gasteiger partial charge on any atom is 0.129 e. The molecule has 4 heteroatoms. The van der Waals surface area contributed by atoms with Crippen LogP contribution in [0.2, 0.25) is 0 Å². The van der Waals surface area contributed by atoms with Gasteiger partial charge in [-0.3, -0.25) is 0 Å². The number of anilines is 1. The van der Waals surface area contributed by atoms with E-state index in [9.17, 15) is 4.39 Å². The van der Waals surface area contributed by atoms with Crippen LogP contribution in [0.25, 0.3) is 0 Å². The molecule has 0 aliphatic carbocycles. The van der Waals surface area contributed by atoms with Crippen LogP contribution in [-0.4, -0.2) is 0 Å². The van der Waals surface area contributed by atoms with Crippen molar-refractivity contribution in [1.29, 1.82) is 5.26 Å². The van der Waals surface area contributed by atoms with Crippen molar-refractivity contribution >= 4 is 21.6 Å². The summed E-state index contributed by atoms with van der Waals surface area (Å²) < 4.78 is 14.4. The third-order valence-corrected chi connectivity index (χ3v) is 3.48. The highest BCUT2D eigenvalue weighted by Crippen LogP contribution is 2.21. The smallest absolute Gasteiger partial charge is 0.129 e. The zero-order chi connectivity index (χ0) is 14.7. The summed E-state index contributed by atoms with van der Waals surface area (Å²) in [6.45, 7) is 4.11. The van der Waals surface area contributed by atoms with Gasteiger partial charge >= 0.3 is 0 Å². The molecule has 2 aromatic carbocycles. The topological polar surface area (TPSA) is 35.8 Å². The Bertz CT molecular complexity index is 666. The number of hydrogen-bond donors (Lipinski definition) is 1. The molecule has 0 aliphatic rings. The molecule has 2 aromatic rings. The molecule has 0 spiro atoms. The summed E-state index contributed by atoms with van der Waals surface area (Å²) >= 11 is 3.37. The van der Waals surface area contributed by atoms with Crippen LogP contribution in [0.3, 0.4) is 0 Å². The highest BCUT2D eigenvalue weighted by Gasteiger charge is 2.05. The van der Waals surface area contributed by atoms with E-state index in [2.05, 4.69) is 27.3 Å². The van der Waals surface area contributed by atoms with Crippen molar-refractivity contribution in [3.63, 3.8) is 0 Å². The molecule has 0 aliphatic heterocycles. The zero-order valence-corrected chi connectivity index (χ0v) is 12.9. The van der Waals surface area contributed by atoms with Gasteiger partial charge in [0, 0.05) is 16.7 Å². The van der Waals surface area contributed by atoms with Crippen molar-refractivity contribution in [3.8, 4) is 6.07 Å². The molecule has 0 heterocycles. The fourth-order valence-electron chi connectivity index (χ4n) is 2.10. The highest BCUT2D eigenvalue weighted by atomic mass is 79.9. The lowest BCUT2D eigenvalue weighted by Gasteiger charge is -2.10. The van der Waals surface area contributed by atoms with Crippen molar-refractivity contribution < 1.29 is 4.39 Å². The Kier molecular flexibility index (Phi) is 4.41. The highest BCUT2D eigenvalue weighted by molar-refractivity contribution is 9.10. The Morgan fingerprint density at radius 1 is 1.15 bits per heavy atom. The monoisotopic (exact) mass is 332 g/mol. The molecule has 0 aromatic heterocycles. The van der Waals surface area contributed by atoms with Crippen LogP contribution < -0.4 is 5.32 Å². The van der Waals surface area contributed by atoms with E-state index < -0.39 is 0 Å². The largest absolute Gasteiger partial charge is 0.381 e. The molecule has 0 fully saturated rings. The van der Waals surface area contributed by atoms with E-state index in [1.54, 1.807) is 26.0 Å². The normalized spacial score (nSPS) is 10.2. The second-order valence-corrected chi connectivity index (χ2v) is 5.65. The summed E-state index contributed by atoms with van der Waals surface area (Å²) in [5, 5.41) is 12.2. The summed E-state index contributed by atoms with van der Waals surface area (Å²) in [5.41, 5.74) is 3.76. The van der Waals surface area contributed by atoms with Gasteiger partial charge in [0.1, 0.15) is 5.82 Å². The summed E-state index contributed by atoms with van der Waals surface area (Å²) in [7, 11) is 0. The fraction of sp³-hybridized carbons (Fsp3) is 0.188. The van der Waals surface area contributed by atoms with Gasteiger partial charge in [-0.1, -0.05) is 28.1 Å². The van der Waals surface area contributed by atoms with Crippen molar-refractivity contribution in [2.45, 2.75) is 20.4 Å². The second kappa shape index (κ2) is 6.06. The van der Waals surface area contributed by atoms with Crippen LogP contribution in [0, 0.1) is 31.0 Å². The average Bonchev–Trinajstić information content (AvgIpc) is 2.41. The molecule has 0 bridgehead atoms. The Morgan fingerprint density at radius 2 is 1.80 bits per heavy atom. The summed E-state index contributed by atoms with van der Waals surface area (Å²) in [6.07, 6.45) is 0. The van der Waals surface area contributed by atoms with Gasteiger partial charge in [-0.05, 0) is 48.7 Å². The van der Waals surface area contributed by atoms with E-state index in [0.29, 0.717) is 23.2 Å². The number of nitrogens with zero attached hydrogens (tertiary/aromatic N) is 1. The Labute approximate surface area is 126 Å². The molecule has 0 unspecified atom stereocenters. The lowest BCUT2D eigenvalue weighted by Crippen LogP contribution is -2.02. The van der Waals surface area contributed by atoms with Crippen LogP contribution in [0.1, 0.15) is 22.3 Å². The van der Waals surface area contributed by atoms with Crippen molar-refractivity contribution in [2.24, 2.45) is 0 Å². The minimum Gasteiger partial charge on any atom is -0.381 e. The predicted molar refractivity (Wildman–Crippen MR) is 82.1 cm³/mol. The molecule has 0 saturated carbocycles. The first-order chi connectivity index (χ1) is 9.49. The molecule has 20 heavy (non-hydrogen) atoms. The number of nitrogens with one attached hydrogen (secondary N) is 1. The van der Waals surface area contributed by atoms with E-state index in [0.717, 1.165) is 15.7 Å². The fourth-order valence-corrected chi connectivity index (χ4v) is 2.59.